The third kappa shape index (κ3) is 2.22. The second-order valence-electron chi connectivity index (χ2n) is 2.59. The van der Waals surface area contributed by atoms with Gasteiger partial charge in [-0.15, -0.1) is 0 Å². The highest BCUT2D eigenvalue weighted by Gasteiger charge is 2.08. The molecule has 1 N–H and O–H groups in total. The first-order valence-corrected chi connectivity index (χ1v) is 4.95. The number of benzene rings is 1. The molecule has 12 heavy (non-hydrogen) atoms. The van der Waals surface area contributed by atoms with Gasteiger partial charge in [-0.3, -0.25) is 0 Å². The first kappa shape index (κ1) is 10.0. The fourth-order valence-electron chi connectivity index (χ4n) is 0.990. The van der Waals surface area contributed by atoms with Gasteiger partial charge >= 0.3 is 0 Å². The Hall–Kier alpha value is -0.0500. The molecule has 1 aromatic rings. The van der Waals surface area contributed by atoms with E-state index in [1.165, 1.54) is 0 Å². The molecule has 66 valence electrons. The van der Waals surface area contributed by atoms with Crippen molar-refractivity contribution in [3.05, 3.63) is 33.3 Å². The molecule has 0 saturated heterocycles. The third-order valence-corrected chi connectivity index (χ3v) is 2.54. The van der Waals surface area contributed by atoms with Crippen LogP contribution in [0.5, 0.6) is 0 Å². The number of halogens is 2. The molecule has 1 nitrogen and oxygen atoms in total. The molecule has 0 fully saturated rings. The van der Waals surface area contributed by atoms with Crippen molar-refractivity contribution in [1.82, 2.24) is 0 Å². The van der Waals surface area contributed by atoms with Gasteiger partial charge in [0, 0.05) is 15.1 Å². The standard InChI is InChI=1S/C9H10BrClO/c1-2-9(12)7-5-6(10)3-4-8(7)11/h3-5,9,12H,2H2,1H3. The van der Waals surface area contributed by atoms with Crippen LogP contribution < -0.4 is 0 Å². The fourth-order valence-corrected chi connectivity index (χ4v) is 1.61. The third-order valence-electron chi connectivity index (χ3n) is 1.70. The summed E-state index contributed by atoms with van der Waals surface area (Å²) in [5, 5.41) is 10.1. The number of aliphatic hydroxyl groups excluding tert-OH is 1. The van der Waals surface area contributed by atoms with Gasteiger partial charge in [0.15, 0.2) is 0 Å². The number of rotatable bonds is 2. The average Bonchev–Trinajstić information content (AvgIpc) is 2.08. The van der Waals surface area contributed by atoms with Crippen LogP contribution in [0.3, 0.4) is 0 Å². The lowest BCUT2D eigenvalue weighted by Gasteiger charge is -2.10. The number of hydrogen-bond donors (Lipinski definition) is 1. The highest BCUT2D eigenvalue weighted by molar-refractivity contribution is 9.10. The van der Waals surface area contributed by atoms with E-state index in [9.17, 15) is 5.11 Å². The van der Waals surface area contributed by atoms with Crippen LogP contribution in [0.15, 0.2) is 22.7 Å². The van der Waals surface area contributed by atoms with Crippen molar-refractivity contribution in [1.29, 1.82) is 0 Å². The van der Waals surface area contributed by atoms with Crippen LogP contribution in [0.2, 0.25) is 5.02 Å². The van der Waals surface area contributed by atoms with Crippen LogP contribution in [0, 0.1) is 0 Å². The van der Waals surface area contributed by atoms with Crippen LogP contribution in [-0.2, 0) is 0 Å². The van der Waals surface area contributed by atoms with Crippen LogP contribution >= 0.6 is 27.5 Å². The van der Waals surface area contributed by atoms with E-state index in [-0.39, 0.29) is 0 Å². The predicted octanol–water partition coefficient (Wildman–Crippen LogP) is 3.55. The Kier molecular flexibility index (Phi) is 3.56. The molecule has 0 bridgehead atoms. The molecular formula is C9H10BrClO. The van der Waals surface area contributed by atoms with E-state index >= 15 is 0 Å². The van der Waals surface area contributed by atoms with Gasteiger partial charge in [0.1, 0.15) is 0 Å². The Balaban J connectivity index is 3.04. The smallest absolute Gasteiger partial charge is 0.0802 e. The van der Waals surface area contributed by atoms with E-state index < -0.39 is 6.10 Å². The molecule has 0 aliphatic heterocycles. The summed E-state index contributed by atoms with van der Waals surface area (Å²) in [6, 6.07) is 5.48. The van der Waals surface area contributed by atoms with Gasteiger partial charge in [0.25, 0.3) is 0 Å². The molecule has 1 unspecified atom stereocenters. The predicted molar refractivity (Wildman–Crippen MR) is 54.4 cm³/mol. The number of hydrogen-bond acceptors (Lipinski definition) is 1. The zero-order valence-electron chi connectivity index (χ0n) is 6.72. The Morgan fingerprint density at radius 3 is 2.83 bits per heavy atom. The van der Waals surface area contributed by atoms with Gasteiger partial charge in [-0.25, -0.2) is 0 Å². The Labute approximate surface area is 85.5 Å². The Morgan fingerprint density at radius 2 is 2.25 bits per heavy atom. The zero-order valence-corrected chi connectivity index (χ0v) is 9.06. The van der Waals surface area contributed by atoms with Crippen molar-refractivity contribution in [2.75, 3.05) is 0 Å². The van der Waals surface area contributed by atoms with E-state index in [1.807, 2.05) is 19.1 Å². The molecule has 1 rings (SSSR count). The van der Waals surface area contributed by atoms with Crippen LogP contribution in [0.4, 0.5) is 0 Å². The molecule has 0 heterocycles. The highest BCUT2D eigenvalue weighted by Crippen LogP contribution is 2.27. The topological polar surface area (TPSA) is 20.2 Å². The second-order valence-corrected chi connectivity index (χ2v) is 3.91. The average molecular weight is 250 g/mol. The fraction of sp³-hybridized carbons (Fsp3) is 0.333. The van der Waals surface area contributed by atoms with Crippen LogP contribution in [-0.4, -0.2) is 5.11 Å². The summed E-state index contributed by atoms with van der Waals surface area (Å²) in [5.74, 6) is 0. The van der Waals surface area contributed by atoms with Gasteiger partial charge in [-0.1, -0.05) is 34.5 Å². The lowest BCUT2D eigenvalue weighted by molar-refractivity contribution is 0.173. The van der Waals surface area contributed by atoms with Crippen molar-refractivity contribution >= 4 is 27.5 Å². The van der Waals surface area contributed by atoms with Gasteiger partial charge in [0.2, 0.25) is 0 Å². The first-order chi connectivity index (χ1) is 5.65. The van der Waals surface area contributed by atoms with E-state index in [1.54, 1.807) is 6.07 Å². The van der Waals surface area contributed by atoms with Crippen LogP contribution in [0.1, 0.15) is 25.0 Å². The molecule has 0 radical (unpaired) electrons. The Morgan fingerprint density at radius 1 is 1.58 bits per heavy atom. The van der Waals surface area contributed by atoms with E-state index in [2.05, 4.69) is 15.9 Å². The maximum Gasteiger partial charge on any atom is 0.0802 e. The summed E-state index contributed by atoms with van der Waals surface area (Å²) >= 11 is 9.21. The molecule has 0 saturated carbocycles. The largest absolute Gasteiger partial charge is 0.388 e. The van der Waals surface area contributed by atoms with Crippen molar-refractivity contribution in [3.63, 3.8) is 0 Å². The summed E-state index contributed by atoms with van der Waals surface area (Å²) in [6.45, 7) is 1.92. The molecule has 3 heteroatoms. The molecule has 1 atom stereocenters. The summed E-state index contributed by atoms with van der Waals surface area (Å²) in [7, 11) is 0. The molecule has 0 aliphatic rings. The monoisotopic (exact) mass is 248 g/mol. The van der Waals surface area contributed by atoms with Crippen molar-refractivity contribution in [2.24, 2.45) is 0 Å². The summed E-state index contributed by atoms with van der Waals surface area (Å²) in [5.41, 5.74) is 0.786. The Bertz CT molecular complexity index is 275. The van der Waals surface area contributed by atoms with E-state index in [4.69, 9.17) is 11.6 Å². The highest BCUT2D eigenvalue weighted by atomic mass is 79.9. The van der Waals surface area contributed by atoms with Crippen molar-refractivity contribution < 1.29 is 5.11 Å². The maximum absolute atomic E-state index is 9.53. The second kappa shape index (κ2) is 4.26. The normalized spacial score (nSPS) is 13.0. The van der Waals surface area contributed by atoms with Crippen molar-refractivity contribution in [3.8, 4) is 0 Å². The molecule has 0 aromatic heterocycles. The van der Waals surface area contributed by atoms with E-state index in [0.717, 1.165) is 10.0 Å². The lowest BCUT2D eigenvalue weighted by Crippen LogP contribution is -1.95. The maximum atomic E-state index is 9.53. The van der Waals surface area contributed by atoms with Crippen LogP contribution in [0.25, 0.3) is 0 Å². The molecule has 0 spiro atoms. The first-order valence-electron chi connectivity index (χ1n) is 3.78. The summed E-state index contributed by atoms with van der Waals surface area (Å²) in [4.78, 5) is 0. The number of aliphatic hydroxyl groups is 1. The molecule has 1 aromatic carbocycles. The van der Waals surface area contributed by atoms with Crippen molar-refractivity contribution in [2.45, 2.75) is 19.4 Å². The lowest BCUT2D eigenvalue weighted by atomic mass is 10.1. The molecule has 0 amide bonds. The summed E-state index contributed by atoms with van der Waals surface area (Å²) < 4.78 is 0.939. The van der Waals surface area contributed by atoms with Gasteiger partial charge < -0.3 is 5.11 Å². The minimum Gasteiger partial charge on any atom is -0.388 e. The van der Waals surface area contributed by atoms with Gasteiger partial charge in [0.05, 0.1) is 6.10 Å². The van der Waals surface area contributed by atoms with Gasteiger partial charge in [-0.05, 0) is 24.6 Å². The molecular weight excluding hydrogens is 239 g/mol. The SMILES string of the molecule is CCC(O)c1cc(Br)ccc1Cl. The summed E-state index contributed by atoms with van der Waals surface area (Å²) in [6.07, 6.45) is 0.214. The van der Waals surface area contributed by atoms with Gasteiger partial charge in [-0.2, -0.15) is 0 Å². The quantitative estimate of drug-likeness (QED) is 0.850. The molecule has 0 aliphatic carbocycles. The van der Waals surface area contributed by atoms with E-state index in [0.29, 0.717) is 11.4 Å². The minimum absolute atomic E-state index is 0.463. The zero-order chi connectivity index (χ0) is 9.14. The minimum atomic E-state index is -0.463.